The number of nitrogens with one attached hydrogen (secondary N) is 1. The molecule has 0 saturated carbocycles. The zero-order valence-corrected chi connectivity index (χ0v) is 17.8. The van der Waals surface area contributed by atoms with Gasteiger partial charge in [0.05, 0.1) is 6.04 Å². The molecule has 3 aromatic carbocycles. The number of amides is 1. The van der Waals surface area contributed by atoms with Crippen LogP contribution in [0.25, 0.3) is 11.3 Å². The molecule has 0 saturated heterocycles. The molecular formula is C26H23N3O4. The number of aromatic nitrogens is 2. The fraction of sp³-hybridized carbons (Fsp3) is 0.154. The van der Waals surface area contributed by atoms with Gasteiger partial charge in [0, 0.05) is 24.3 Å². The molecule has 0 spiro atoms. The second kappa shape index (κ2) is 8.80. The third-order valence-electron chi connectivity index (χ3n) is 5.73. The number of ether oxygens (including phenoxy) is 1. The summed E-state index contributed by atoms with van der Waals surface area (Å²) in [7, 11) is 0. The van der Waals surface area contributed by atoms with E-state index in [1.54, 1.807) is 23.1 Å². The molecule has 5 rings (SSSR count). The fourth-order valence-corrected chi connectivity index (χ4v) is 4.27. The van der Waals surface area contributed by atoms with Crippen molar-refractivity contribution in [1.82, 2.24) is 15.1 Å². The third kappa shape index (κ3) is 3.83. The van der Waals surface area contributed by atoms with E-state index < -0.39 is 6.04 Å². The van der Waals surface area contributed by atoms with Gasteiger partial charge >= 0.3 is 0 Å². The minimum absolute atomic E-state index is 0.0217. The number of aliphatic hydroxyl groups excluding tert-OH is 1. The van der Waals surface area contributed by atoms with Gasteiger partial charge in [-0.3, -0.25) is 9.89 Å². The maximum atomic E-state index is 13.3. The molecule has 7 nitrogen and oxygen atoms in total. The van der Waals surface area contributed by atoms with Crippen LogP contribution in [-0.2, 0) is 0 Å². The molecule has 0 radical (unpaired) electrons. The van der Waals surface area contributed by atoms with Crippen LogP contribution in [0.3, 0.4) is 0 Å². The first-order valence-electron chi connectivity index (χ1n) is 10.8. The van der Waals surface area contributed by atoms with E-state index in [0.29, 0.717) is 47.0 Å². The second-order valence-corrected chi connectivity index (χ2v) is 7.84. The number of aromatic hydroxyl groups is 1. The van der Waals surface area contributed by atoms with E-state index in [1.807, 2.05) is 60.7 Å². The lowest BCUT2D eigenvalue weighted by Gasteiger charge is -2.26. The molecule has 1 atom stereocenters. The number of H-pyrrole nitrogens is 1. The zero-order chi connectivity index (χ0) is 22.8. The summed E-state index contributed by atoms with van der Waals surface area (Å²) >= 11 is 0. The van der Waals surface area contributed by atoms with Crippen LogP contribution < -0.4 is 4.74 Å². The Balaban J connectivity index is 1.60. The monoisotopic (exact) mass is 441 g/mol. The Morgan fingerprint density at radius 2 is 1.73 bits per heavy atom. The number of hydrogen-bond acceptors (Lipinski definition) is 5. The molecule has 33 heavy (non-hydrogen) atoms. The van der Waals surface area contributed by atoms with E-state index in [0.717, 1.165) is 5.56 Å². The summed E-state index contributed by atoms with van der Waals surface area (Å²) in [6.07, 6.45) is 0.450. The van der Waals surface area contributed by atoms with Crippen molar-refractivity contribution in [3.8, 4) is 28.5 Å². The topological polar surface area (TPSA) is 98.7 Å². The predicted molar refractivity (Wildman–Crippen MR) is 123 cm³/mol. The Bertz CT molecular complexity index is 1290. The van der Waals surface area contributed by atoms with Gasteiger partial charge in [0.1, 0.15) is 28.6 Å². The average Bonchev–Trinajstić information content (AvgIpc) is 3.37. The van der Waals surface area contributed by atoms with Gasteiger partial charge in [0.2, 0.25) is 0 Å². The lowest BCUT2D eigenvalue weighted by molar-refractivity contribution is 0.0732. The van der Waals surface area contributed by atoms with Gasteiger partial charge in [0.25, 0.3) is 5.91 Å². The normalized spacial score (nSPS) is 15.0. The van der Waals surface area contributed by atoms with E-state index in [9.17, 15) is 15.0 Å². The highest BCUT2D eigenvalue weighted by Crippen LogP contribution is 2.45. The lowest BCUT2D eigenvalue weighted by atomic mass is 9.95. The molecule has 0 aliphatic carbocycles. The smallest absolute Gasteiger partial charge is 0.273 e. The number of carbonyl (C=O) groups excluding carboxylic acids is 1. The molecule has 3 N–H and O–H groups in total. The number of aliphatic hydroxyl groups is 1. The summed E-state index contributed by atoms with van der Waals surface area (Å²) in [5.41, 5.74) is 3.03. The fourth-order valence-electron chi connectivity index (χ4n) is 4.27. The summed E-state index contributed by atoms with van der Waals surface area (Å²) in [5.74, 6) is 1.27. The second-order valence-electron chi connectivity index (χ2n) is 7.84. The molecule has 166 valence electrons. The van der Waals surface area contributed by atoms with Crippen LogP contribution >= 0.6 is 0 Å². The van der Waals surface area contributed by atoms with Gasteiger partial charge in [-0.2, -0.15) is 5.10 Å². The predicted octanol–water partition coefficient (Wildman–Crippen LogP) is 4.50. The average molecular weight is 441 g/mol. The Morgan fingerprint density at radius 3 is 2.52 bits per heavy atom. The first-order chi connectivity index (χ1) is 16.2. The molecule has 2 heterocycles. The molecule has 7 heteroatoms. The zero-order valence-electron chi connectivity index (χ0n) is 17.8. The number of phenolic OH excluding ortho intramolecular Hbond substituents is 1. The number of carbonyl (C=O) groups is 1. The molecular weight excluding hydrogens is 418 g/mol. The highest BCUT2D eigenvalue weighted by atomic mass is 16.5. The van der Waals surface area contributed by atoms with Crippen molar-refractivity contribution in [2.24, 2.45) is 0 Å². The van der Waals surface area contributed by atoms with Crippen molar-refractivity contribution in [3.05, 3.63) is 95.7 Å². The highest BCUT2D eigenvalue weighted by molar-refractivity contribution is 6.00. The highest BCUT2D eigenvalue weighted by Gasteiger charge is 2.42. The van der Waals surface area contributed by atoms with E-state index in [2.05, 4.69) is 10.2 Å². The van der Waals surface area contributed by atoms with Gasteiger partial charge in [-0.05, 0) is 48.4 Å². The maximum Gasteiger partial charge on any atom is 0.273 e. The summed E-state index contributed by atoms with van der Waals surface area (Å²) in [6.45, 7) is 0.360. The number of fused-ring (bicyclic) bond motifs is 1. The summed E-state index contributed by atoms with van der Waals surface area (Å²) in [4.78, 5) is 15.0. The minimum Gasteiger partial charge on any atom is -0.507 e. The van der Waals surface area contributed by atoms with Crippen LogP contribution in [0.5, 0.6) is 17.2 Å². The van der Waals surface area contributed by atoms with Crippen LogP contribution in [0.1, 0.15) is 34.1 Å². The van der Waals surface area contributed by atoms with E-state index in [1.165, 1.54) is 0 Å². The lowest BCUT2D eigenvalue weighted by Crippen LogP contribution is -2.31. The Labute approximate surface area is 190 Å². The number of para-hydroxylation sites is 2. The van der Waals surface area contributed by atoms with Crippen molar-refractivity contribution >= 4 is 5.91 Å². The summed E-state index contributed by atoms with van der Waals surface area (Å²) in [5, 5.41) is 27.1. The van der Waals surface area contributed by atoms with E-state index in [4.69, 9.17) is 4.74 Å². The van der Waals surface area contributed by atoms with Crippen molar-refractivity contribution in [3.63, 3.8) is 0 Å². The van der Waals surface area contributed by atoms with Crippen molar-refractivity contribution in [2.75, 3.05) is 13.2 Å². The molecule has 1 aromatic heterocycles. The number of benzene rings is 3. The van der Waals surface area contributed by atoms with Gasteiger partial charge in [-0.15, -0.1) is 0 Å². The Morgan fingerprint density at radius 1 is 0.970 bits per heavy atom. The summed E-state index contributed by atoms with van der Waals surface area (Å²) in [6, 6.07) is 23.6. The van der Waals surface area contributed by atoms with Crippen LogP contribution in [0.4, 0.5) is 0 Å². The van der Waals surface area contributed by atoms with Crippen molar-refractivity contribution in [1.29, 1.82) is 0 Å². The van der Waals surface area contributed by atoms with Crippen LogP contribution in [0.2, 0.25) is 0 Å². The third-order valence-corrected chi connectivity index (χ3v) is 5.73. The first-order valence-corrected chi connectivity index (χ1v) is 10.8. The Kier molecular flexibility index (Phi) is 5.54. The van der Waals surface area contributed by atoms with E-state index >= 15 is 0 Å². The van der Waals surface area contributed by atoms with E-state index in [-0.39, 0.29) is 18.3 Å². The molecule has 1 aliphatic heterocycles. The van der Waals surface area contributed by atoms with Crippen LogP contribution in [0.15, 0.2) is 78.9 Å². The Hall–Kier alpha value is -4.10. The first kappa shape index (κ1) is 20.8. The molecule has 1 amide bonds. The van der Waals surface area contributed by atoms with Crippen LogP contribution in [-0.4, -0.2) is 44.4 Å². The van der Waals surface area contributed by atoms with Gasteiger partial charge in [-0.25, -0.2) is 0 Å². The molecule has 1 aliphatic rings. The summed E-state index contributed by atoms with van der Waals surface area (Å²) < 4.78 is 6.02. The van der Waals surface area contributed by atoms with Crippen molar-refractivity contribution < 1.29 is 19.7 Å². The standard InChI is InChI=1S/C26H23N3O4/c30-15-7-14-29-25(17-8-6-11-19(16-17)33-18-9-2-1-3-10-18)22-23(27-28-24(22)26(29)32)20-12-4-5-13-21(20)31/h1-6,8-13,16,25,30-31H,7,14-15H2,(H,27,28)/t25-/m0/s1. The number of rotatable bonds is 7. The van der Waals surface area contributed by atoms with Crippen molar-refractivity contribution in [2.45, 2.75) is 12.5 Å². The SMILES string of the molecule is O=C1c2[nH]nc(-c3ccccc3O)c2[C@H](c2cccc(Oc3ccccc3)c2)N1CCCO. The minimum atomic E-state index is -0.438. The molecule has 0 fully saturated rings. The van der Waals surface area contributed by atoms with Crippen LogP contribution in [0, 0.1) is 0 Å². The number of hydrogen-bond donors (Lipinski definition) is 3. The van der Waals surface area contributed by atoms with Gasteiger partial charge < -0.3 is 19.8 Å². The van der Waals surface area contributed by atoms with Gasteiger partial charge in [0.15, 0.2) is 0 Å². The maximum absolute atomic E-state index is 13.3. The largest absolute Gasteiger partial charge is 0.507 e. The number of nitrogens with zero attached hydrogens (tertiary/aromatic N) is 2. The molecule has 4 aromatic rings. The number of aromatic amines is 1. The molecule has 0 bridgehead atoms. The number of phenols is 1. The quantitative estimate of drug-likeness (QED) is 0.392. The molecule has 0 unspecified atom stereocenters. The van der Waals surface area contributed by atoms with Gasteiger partial charge in [-0.1, -0.05) is 42.5 Å².